The molecule has 1 amide bonds. The van der Waals surface area contributed by atoms with Crippen LogP contribution >= 0.6 is 11.6 Å². The molecule has 0 bridgehead atoms. The monoisotopic (exact) mass is 285 g/mol. The molecule has 20 heavy (non-hydrogen) atoms. The Morgan fingerprint density at radius 2 is 1.90 bits per heavy atom. The molecule has 1 aromatic heterocycles. The fourth-order valence-electron chi connectivity index (χ4n) is 1.45. The molecular formula is C15H12ClN3O. The molecule has 1 N–H and O–H groups in total. The zero-order valence-corrected chi connectivity index (χ0v) is 11.3. The van der Waals surface area contributed by atoms with Crippen LogP contribution in [-0.2, 0) is 0 Å². The van der Waals surface area contributed by atoms with Crippen LogP contribution in [0.5, 0.6) is 0 Å². The number of hydrogen-bond acceptors (Lipinski definition) is 3. The molecule has 0 saturated carbocycles. The molecule has 5 heteroatoms. The predicted molar refractivity (Wildman–Crippen MR) is 80.5 cm³/mol. The number of hydrogen-bond donors (Lipinski definition) is 1. The summed E-state index contributed by atoms with van der Waals surface area (Å²) >= 11 is 5.99. The van der Waals surface area contributed by atoms with E-state index in [2.05, 4.69) is 15.5 Å². The Bertz CT molecular complexity index is 624. The maximum Gasteiger partial charge on any atom is 0.289 e. The van der Waals surface area contributed by atoms with Crippen molar-refractivity contribution in [2.45, 2.75) is 0 Å². The van der Waals surface area contributed by atoms with Gasteiger partial charge in [0.1, 0.15) is 5.69 Å². The highest BCUT2D eigenvalue weighted by Crippen LogP contribution is 2.07. The summed E-state index contributed by atoms with van der Waals surface area (Å²) < 4.78 is 0. The topological polar surface area (TPSA) is 54.4 Å². The van der Waals surface area contributed by atoms with E-state index in [1.807, 2.05) is 30.3 Å². The van der Waals surface area contributed by atoms with E-state index in [0.29, 0.717) is 10.7 Å². The van der Waals surface area contributed by atoms with E-state index in [0.717, 1.165) is 5.56 Å². The van der Waals surface area contributed by atoms with Gasteiger partial charge in [0.25, 0.3) is 5.91 Å². The van der Waals surface area contributed by atoms with Gasteiger partial charge in [0.05, 0.1) is 11.2 Å². The van der Waals surface area contributed by atoms with E-state index in [-0.39, 0.29) is 5.91 Å². The lowest BCUT2D eigenvalue weighted by atomic mass is 10.2. The Morgan fingerprint density at radius 1 is 1.15 bits per heavy atom. The highest BCUT2D eigenvalue weighted by Gasteiger charge is 2.03. The first-order valence-corrected chi connectivity index (χ1v) is 6.30. The molecule has 100 valence electrons. The van der Waals surface area contributed by atoms with Crippen LogP contribution in [0.3, 0.4) is 0 Å². The summed E-state index contributed by atoms with van der Waals surface area (Å²) in [7, 11) is 0. The molecule has 2 rings (SSSR count). The second-order valence-electron chi connectivity index (χ2n) is 3.85. The van der Waals surface area contributed by atoms with Crippen LogP contribution in [0.25, 0.3) is 6.08 Å². The largest absolute Gasteiger partial charge is 0.289 e. The number of rotatable bonds is 4. The number of pyridine rings is 1. The van der Waals surface area contributed by atoms with Crippen LogP contribution in [0, 0.1) is 0 Å². The van der Waals surface area contributed by atoms with Crippen molar-refractivity contribution in [2.75, 3.05) is 0 Å². The second kappa shape index (κ2) is 7.21. The van der Waals surface area contributed by atoms with Crippen molar-refractivity contribution in [1.82, 2.24) is 10.4 Å². The van der Waals surface area contributed by atoms with Crippen molar-refractivity contribution in [3.8, 4) is 0 Å². The first kappa shape index (κ1) is 14.0. The number of aromatic nitrogens is 1. The number of halogens is 1. The number of carbonyl (C=O) groups is 1. The minimum Gasteiger partial charge on any atom is -0.266 e. The van der Waals surface area contributed by atoms with Gasteiger partial charge in [-0.05, 0) is 23.8 Å². The van der Waals surface area contributed by atoms with Gasteiger partial charge in [0, 0.05) is 6.20 Å². The fraction of sp³-hybridized carbons (Fsp3) is 0. The third-order valence-corrected chi connectivity index (χ3v) is 2.56. The molecule has 0 aliphatic heterocycles. The van der Waals surface area contributed by atoms with E-state index < -0.39 is 0 Å². The number of carbonyl (C=O) groups excluding carboxylic acids is 1. The van der Waals surface area contributed by atoms with Gasteiger partial charge in [-0.2, -0.15) is 5.10 Å². The average Bonchev–Trinajstić information content (AvgIpc) is 2.49. The van der Waals surface area contributed by atoms with Crippen molar-refractivity contribution < 1.29 is 4.79 Å². The van der Waals surface area contributed by atoms with Gasteiger partial charge in [-0.3, -0.25) is 9.78 Å². The normalized spacial score (nSPS) is 11.6. The van der Waals surface area contributed by atoms with Crippen LogP contribution in [0.2, 0.25) is 0 Å². The molecule has 0 fully saturated rings. The minimum atomic E-state index is -0.383. The highest BCUT2D eigenvalue weighted by atomic mass is 35.5. The number of benzene rings is 1. The Kier molecular flexibility index (Phi) is 5.03. The predicted octanol–water partition coefficient (Wildman–Crippen LogP) is 3.08. The summed E-state index contributed by atoms with van der Waals surface area (Å²) in [5.41, 5.74) is 3.62. The maximum atomic E-state index is 11.6. The molecule has 0 spiro atoms. The van der Waals surface area contributed by atoms with Gasteiger partial charge < -0.3 is 0 Å². The van der Waals surface area contributed by atoms with E-state index in [9.17, 15) is 4.79 Å². The number of nitrogens with one attached hydrogen (secondary N) is 1. The quantitative estimate of drug-likeness (QED) is 0.693. The van der Waals surface area contributed by atoms with Gasteiger partial charge in [0.2, 0.25) is 0 Å². The summed E-state index contributed by atoms with van der Waals surface area (Å²) in [6.45, 7) is 0. The second-order valence-corrected chi connectivity index (χ2v) is 4.29. The van der Waals surface area contributed by atoms with Crippen molar-refractivity contribution >= 4 is 29.8 Å². The number of nitrogens with zero attached hydrogens (tertiary/aromatic N) is 2. The summed E-state index contributed by atoms with van der Waals surface area (Å²) in [6.07, 6.45) is 4.66. The smallest absolute Gasteiger partial charge is 0.266 e. The Morgan fingerprint density at radius 3 is 2.60 bits per heavy atom. The van der Waals surface area contributed by atoms with Crippen molar-refractivity contribution in [2.24, 2.45) is 5.10 Å². The Labute approximate surface area is 121 Å². The molecule has 0 unspecified atom stereocenters. The van der Waals surface area contributed by atoms with Crippen LogP contribution < -0.4 is 5.43 Å². The van der Waals surface area contributed by atoms with Gasteiger partial charge in [-0.25, -0.2) is 5.43 Å². The molecule has 0 saturated heterocycles. The molecule has 1 heterocycles. The average molecular weight is 286 g/mol. The SMILES string of the molecule is O=C(N/N=C\C(Cl)=C\c1ccccc1)c1ccccn1. The summed E-state index contributed by atoms with van der Waals surface area (Å²) in [5.74, 6) is -0.383. The lowest BCUT2D eigenvalue weighted by Gasteiger charge is -1.97. The molecule has 2 aromatic rings. The lowest BCUT2D eigenvalue weighted by Crippen LogP contribution is -2.18. The number of hydrazone groups is 1. The first-order valence-electron chi connectivity index (χ1n) is 5.92. The van der Waals surface area contributed by atoms with Crippen LogP contribution in [0.15, 0.2) is 64.9 Å². The zero-order valence-electron chi connectivity index (χ0n) is 10.5. The molecule has 1 aromatic carbocycles. The minimum absolute atomic E-state index is 0.299. The first-order chi connectivity index (χ1) is 9.75. The van der Waals surface area contributed by atoms with Gasteiger partial charge in [-0.1, -0.05) is 48.0 Å². The zero-order chi connectivity index (χ0) is 14.2. The third kappa shape index (κ3) is 4.33. The van der Waals surface area contributed by atoms with Crippen LogP contribution in [0.4, 0.5) is 0 Å². The molecule has 0 aliphatic carbocycles. The highest BCUT2D eigenvalue weighted by molar-refractivity contribution is 6.41. The van der Waals surface area contributed by atoms with Crippen molar-refractivity contribution in [3.63, 3.8) is 0 Å². The molecule has 0 radical (unpaired) electrons. The van der Waals surface area contributed by atoms with E-state index in [1.54, 1.807) is 30.5 Å². The van der Waals surface area contributed by atoms with Gasteiger partial charge in [-0.15, -0.1) is 0 Å². The van der Waals surface area contributed by atoms with E-state index in [1.165, 1.54) is 6.21 Å². The van der Waals surface area contributed by atoms with Gasteiger partial charge >= 0.3 is 0 Å². The summed E-state index contributed by atoms with van der Waals surface area (Å²) in [6, 6.07) is 14.7. The van der Waals surface area contributed by atoms with Gasteiger partial charge in [0.15, 0.2) is 0 Å². The number of amides is 1. The van der Waals surface area contributed by atoms with Crippen molar-refractivity contribution in [3.05, 3.63) is 71.0 Å². The summed E-state index contributed by atoms with van der Waals surface area (Å²) in [5, 5.41) is 4.19. The molecular weight excluding hydrogens is 274 g/mol. The summed E-state index contributed by atoms with van der Waals surface area (Å²) in [4.78, 5) is 15.5. The number of allylic oxidation sites excluding steroid dienone is 1. The Balaban J connectivity index is 1.94. The van der Waals surface area contributed by atoms with E-state index >= 15 is 0 Å². The van der Waals surface area contributed by atoms with Crippen molar-refractivity contribution in [1.29, 1.82) is 0 Å². The Hall–Kier alpha value is -2.46. The standard InChI is InChI=1S/C15H12ClN3O/c16-13(10-12-6-2-1-3-7-12)11-18-19-15(20)14-8-4-5-9-17-14/h1-11H,(H,19,20)/b13-10-,18-11-. The molecule has 0 atom stereocenters. The molecule has 4 nitrogen and oxygen atoms in total. The van der Waals surface area contributed by atoms with Crippen LogP contribution in [-0.4, -0.2) is 17.1 Å². The van der Waals surface area contributed by atoms with Crippen LogP contribution in [0.1, 0.15) is 16.1 Å². The lowest BCUT2D eigenvalue weighted by molar-refractivity contribution is 0.0950. The van der Waals surface area contributed by atoms with E-state index in [4.69, 9.17) is 11.6 Å². The fourth-order valence-corrected chi connectivity index (χ4v) is 1.63. The maximum absolute atomic E-state index is 11.6. The molecule has 0 aliphatic rings. The third-order valence-electron chi connectivity index (χ3n) is 2.36.